The number of hydrogen-bond acceptors (Lipinski definition) is 2. The Morgan fingerprint density at radius 2 is 1.73 bits per heavy atom. The second kappa shape index (κ2) is 9.35. The van der Waals surface area contributed by atoms with Gasteiger partial charge in [0.05, 0.1) is 24.6 Å². The van der Waals surface area contributed by atoms with Gasteiger partial charge in [-0.1, -0.05) is 6.58 Å². The molecule has 2 nitrogen and oxygen atoms in total. The van der Waals surface area contributed by atoms with E-state index >= 15 is 0 Å². The van der Waals surface area contributed by atoms with Crippen molar-refractivity contribution in [2.75, 3.05) is 31.3 Å². The van der Waals surface area contributed by atoms with Gasteiger partial charge in [0.25, 0.3) is 0 Å². The average molecular weight is 297 g/mol. The SMILES string of the molecule is C=CC(=O)OCC[P+](CC)(CC)CC.[Br-]. The van der Waals surface area contributed by atoms with Crippen LogP contribution in [0.2, 0.25) is 0 Å². The quantitative estimate of drug-likeness (QED) is 0.369. The Kier molecular flexibility index (Phi) is 10.9. The number of ether oxygens (including phenoxy) is 1. The highest BCUT2D eigenvalue weighted by Gasteiger charge is 2.30. The van der Waals surface area contributed by atoms with Crippen LogP contribution in [0.4, 0.5) is 0 Å². The van der Waals surface area contributed by atoms with Crippen molar-refractivity contribution in [1.29, 1.82) is 0 Å². The van der Waals surface area contributed by atoms with Gasteiger partial charge in [0, 0.05) is 13.3 Å². The molecule has 0 unspecified atom stereocenters. The van der Waals surface area contributed by atoms with Gasteiger partial charge in [0.15, 0.2) is 0 Å². The molecule has 0 rings (SSSR count). The van der Waals surface area contributed by atoms with Crippen LogP contribution in [-0.4, -0.2) is 37.2 Å². The second-order valence-corrected chi connectivity index (χ2v) is 8.41. The molecule has 0 saturated carbocycles. The van der Waals surface area contributed by atoms with Gasteiger partial charge in [-0.05, 0) is 20.8 Å². The lowest BCUT2D eigenvalue weighted by atomic mass is 10.6. The lowest BCUT2D eigenvalue weighted by molar-refractivity contribution is -0.137. The van der Waals surface area contributed by atoms with Crippen LogP contribution in [0.1, 0.15) is 20.8 Å². The van der Waals surface area contributed by atoms with Gasteiger partial charge in [-0.3, -0.25) is 0 Å². The van der Waals surface area contributed by atoms with Gasteiger partial charge in [-0.2, -0.15) is 0 Å². The highest BCUT2D eigenvalue weighted by atomic mass is 79.9. The minimum Gasteiger partial charge on any atom is -1.00 e. The fourth-order valence-electron chi connectivity index (χ4n) is 1.54. The summed E-state index contributed by atoms with van der Waals surface area (Å²) in [4.78, 5) is 10.8. The molecule has 0 radical (unpaired) electrons. The highest BCUT2D eigenvalue weighted by Crippen LogP contribution is 2.57. The predicted octanol–water partition coefficient (Wildman–Crippen LogP) is -0.203. The van der Waals surface area contributed by atoms with E-state index in [9.17, 15) is 4.79 Å². The van der Waals surface area contributed by atoms with Crippen molar-refractivity contribution in [1.82, 2.24) is 0 Å². The number of halogens is 1. The van der Waals surface area contributed by atoms with E-state index in [0.717, 1.165) is 6.16 Å². The molecule has 15 heavy (non-hydrogen) atoms. The van der Waals surface area contributed by atoms with Crippen LogP contribution in [-0.2, 0) is 9.53 Å². The molecule has 0 aromatic carbocycles. The maximum atomic E-state index is 10.8. The zero-order valence-electron chi connectivity index (χ0n) is 9.96. The molecular formula is C11H22BrO2P. The number of esters is 1. The zero-order valence-corrected chi connectivity index (χ0v) is 12.4. The summed E-state index contributed by atoms with van der Waals surface area (Å²) in [6.45, 7) is 10.7. The van der Waals surface area contributed by atoms with Crippen LogP contribution in [0.15, 0.2) is 12.7 Å². The molecule has 0 aromatic heterocycles. The maximum absolute atomic E-state index is 10.8. The van der Waals surface area contributed by atoms with Gasteiger partial charge in [-0.25, -0.2) is 4.79 Å². The summed E-state index contributed by atoms with van der Waals surface area (Å²) < 4.78 is 5.02. The van der Waals surface area contributed by atoms with Gasteiger partial charge in [0.2, 0.25) is 0 Å². The molecule has 0 heterocycles. The van der Waals surface area contributed by atoms with Crippen molar-refractivity contribution in [3.05, 3.63) is 12.7 Å². The van der Waals surface area contributed by atoms with Crippen LogP contribution in [0, 0.1) is 0 Å². The predicted molar refractivity (Wildman–Crippen MR) is 64.6 cm³/mol. The van der Waals surface area contributed by atoms with Gasteiger partial charge in [0.1, 0.15) is 6.61 Å². The summed E-state index contributed by atoms with van der Waals surface area (Å²) in [6, 6.07) is 0. The van der Waals surface area contributed by atoms with Crippen molar-refractivity contribution in [2.45, 2.75) is 20.8 Å². The summed E-state index contributed by atoms with van der Waals surface area (Å²) in [7, 11) is -0.817. The lowest BCUT2D eigenvalue weighted by Crippen LogP contribution is -3.00. The molecule has 4 heteroatoms. The van der Waals surface area contributed by atoms with Crippen molar-refractivity contribution in [3.8, 4) is 0 Å². The summed E-state index contributed by atoms with van der Waals surface area (Å²) in [5.74, 6) is -0.300. The molecule has 0 aliphatic carbocycles. The molecule has 0 spiro atoms. The van der Waals surface area contributed by atoms with Gasteiger partial charge in [-0.15, -0.1) is 0 Å². The van der Waals surface area contributed by atoms with E-state index in [1.165, 1.54) is 24.6 Å². The highest BCUT2D eigenvalue weighted by molar-refractivity contribution is 7.75. The smallest absolute Gasteiger partial charge is 0.330 e. The summed E-state index contributed by atoms with van der Waals surface area (Å²) >= 11 is 0. The van der Waals surface area contributed by atoms with E-state index in [0.29, 0.717) is 6.61 Å². The third-order valence-electron chi connectivity index (χ3n) is 2.99. The van der Waals surface area contributed by atoms with Gasteiger partial charge < -0.3 is 21.7 Å². The summed E-state index contributed by atoms with van der Waals surface area (Å²) in [5, 5.41) is 0. The first kappa shape index (κ1) is 17.5. The second-order valence-electron chi connectivity index (χ2n) is 3.39. The Labute approximate surface area is 105 Å². The minimum atomic E-state index is -0.817. The Morgan fingerprint density at radius 3 is 2.07 bits per heavy atom. The Bertz CT molecular complexity index is 183. The van der Waals surface area contributed by atoms with Gasteiger partial charge >= 0.3 is 5.97 Å². The summed E-state index contributed by atoms with van der Waals surface area (Å²) in [5.41, 5.74) is 0. The lowest BCUT2D eigenvalue weighted by Gasteiger charge is -2.22. The Balaban J connectivity index is 0. The third kappa shape index (κ3) is 6.32. The normalized spacial score (nSPS) is 10.3. The first-order chi connectivity index (χ1) is 6.64. The number of carbonyl (C=O) groups excluding carboxylic acids is 1. The van der Waals surface area contributed by atoms with E-state index in [1.54, 1.807) is 0 Å². The monoisotopic (exact) mass is 296 g/mol. The van der Waals surface area contributed by atoms with Crippen LogP contribution in [0.25, 0.3) is 0 Å². The van der Waals surface area contributed by atoms with Crippen LogP contribution >= 0.6 is 7.26 Å². The third-order valence-corrected chi connectivity index (χ3v) is 8.15. The van der Waals surface area contributed by atoms with Crippen molar-refractivity contribution < 1.29 is 26.5 Å². The van der Waals surface area contributed by atoms with E-state index < -0.39 is 7.26 Å². The molecule has 0 aliphatic rings. The largest absolute Gasteiger partial charge is 1.00 e. The van der Waals surface area contributed by atoms with Crippen molar-refractivity contribution in [3.63, 3.8) is 0 Å². The Morgan fingerprint density at radius 1 is 1.27 bits per heavy atom. The van der Waals surface area contributed by atoms with E-state index in [4.69, 9.17) is 4.74 Å². The van der Waals surface area contributed by atoms with Crippen LogP contribution in [0.5, 0.6) is 0 Å². The van der Waals surface area contributed by atoms with Crippen molar-refractivity contribution >= 4 is 13.2 Å². The molecule has 0 bridgehead atoms. The van der Waals surface area contributed by atoms with Crippen molar-refractivity contribution in [2.24, 2.45) is 0 Å². The Hall–Kier alpha value is 0.120. The summed E-state index contributed by atoms with van der Waals surface area (Å²) in [6.07, 6.45) is 6.06. The van der Waals surface area contributed by atoms with E-state index in [1.807, 2.05) is 0 Å². The van der Waals surface area contributed by atoms with E-state index in [-0.39, 0.29) is 23.0 Å². The molecule has 0 atom stereocenters. The minimum absolute atomic E-state index is 0. The van der Waals surface area contributed by atoms with E-state index in [2.05, 4.69) is 27.4 Å². The molecule has 0 amide bonds. The number of hydrogen-bond donors (Lipinski definition) is 0. The molecule has 0 fully saturated rings. The zero-order chi connectivity index (χ0) is 11.0. The fourth-order valence-corrected chi connectivity index (χ4v) is 4.31. The first-order valence-electron chi connectivity index (χ1n) is 5.28. The molecule has 0 saturated heterocycles. The fraction of sp³-hybridized carbons (Fsp3) is 0.727. The van der Waals surface area contributed by atoms with Crippen LogP contribution in [0.3, 0.4) is 0 Å². The molecule has 0 N–H and O–H groups in total. The molecular weight excluding hydrogens is 275 g/mol. The molecule has 0 aliphatic heterocycles. The number of carbonyl (C=O) groups is 1. The maximum Gasteiger partial charge on any atom is 0.330 e. The molecule has 90 valence electrons. The van der Waals surface area contributed by atoms with Crippen LogP contribution < -0.4 is 17.0 Å². The first-order valence-corrected chi connectivity index (χ1v) is 7.81. The number of rotatable bonds is 7. The molecule has 0 aromatic rings. The topological polar surface area (TPSA) is 26.3 Å². The average Bonchev–Trinajstić information content (AvgIpc) is 2.25. The standard InChI is InChI=1S/C11H22O2P.BrH/c1-5-11(12)13-9-10-14(6-2,7-3)8-4;/h5H,1,6-10H2,2-4H3;1H/q+1;/p-1.